The topological polar surface area (TPSA) is 53.6 Å². The molecule has 0 aliphatic heterocycles. The first-order chi connectivity index (χ1) is 6.25. The predicted octanol–water partition coefficient (Wildman–Crippen LogP) is 1.34. The summed E-state index contributed by atoms with van der Waals surface area (Å²) in [5.41, 5.74) is 0.880. The van der Waals surface area contributed by atoms with E-state index in [1.54, 1.807) is 11.6 Å². The molecule has 0 unspecified atom stereocenters. The summed E-state index contributed by atoms with van der Waals surface area (Å²) < 4.78 is 2.51. The minimum atomic E-state index is -0.0305. The monoisotopic (exact) mass is 213 g/mol. The molecule has 2 heterocycles. The third-order valence-corrected chi connectivity index (χ3v) is 2.70. The van der Waals surface area contributed by atoms with Gasteiger partial charge in [-0.3, -0.25) is 4.79 Å². The quantitative estimate of drug-likeness (QED) is 0.740. The fraction of sp³-hybridized carbons (Fsp3) is 0.143. The van der Waals surface area contributed by atoms with Gasteiger partial charge in [0.1, 0.15) is 0 Å². The van der Waals surface area contributed by atoms with Gasteiger partial charge in [-0.2, -0.15) is 0 Å². The summed E-state index contributed by atoms with van der Waals surface area (Å²) in [5.74, 6) is 0. The summed E-state index contributed by atoms with van der Waals surface area (Å²) in [6, 6.07) is 0. The lowest BCUT2D eigenvalue weighted by atomic mass is 10.5. The number of aromatic nitrogens is 3. The first-order valence-corrected chi connectivity index (χ1v) is 4.95. The highest BCUT2D eigenvalue weighted by Crippen LogP contribution is 2.00. The molecule has 0 spiro atoms. The Morgan fingerprint density at radius 1 is 1.62 bits per heavy atom. The number of H-pyrrole nitrogens is 2. The van der Waals surface area contributed by atoms with Crippen LogP contribution in [-0.4, -0.2) is 14.5 Å². The lowest BCUT2D eigenvalue weighted by Crippen LogP contribution is -2.01. The van der Waals surface area contributed by atoms with Crippen LogP contribution in [0.5, 0.6) is 0 Å². The van der Waals surface area contributed by atoms with E-state index in [4.69, 9.17) is 12.2 Å². The van der Waals surface area contributed by atoms with Crippen LogP contribution in [-0.2, 0) is 6.54 Å². The van der Waals surface area contributed by atoms with Gasteiger partial charge in [-0.25, -0.2) is 0 Å². The van der Waals surface area contributed by atoms with Crippen molar-refractivity contribution < 1.29 is 0 Å². The largest absolute Gasteiger partial charge is 0.337 e. The fourth-order valence-electron chi connectivity index (χ4n) is 1.05. The standard InChI is InChI=1S/C7H7N3OS2/c11-7-9-5(4-13-7)3-10-2-1-8-6(10)12/h1-2,4H,3H2,(H,8,12)(H,9,11). The summed E-state index contributed by atoms with van der Waals surface area (Å²) in [6.07, 6.45) is 3.62. The Kier molecular flexibility index (Phi) is 2.15. The van der Waals surface area contributed by atoms with Crippen molar-refractivity contribution in [3.8, 4) is 0 Å². The molecule has 0 saturated heterocycles. The van der Waals surface area contributed by atoms with Crippen LogP contribution in [0.25, 0.3) is 0 Å². The van der Waals surface area contributed by atoms with Gasteiger partial charge in [0.15, 0.2) is 4.77 Å². The normalized spacial score (nSPS) is 10.5. The van der Waals surface area contributed by atoms with Crippen LogP contribution in [0.2, 0.25) is 0 Å². The average Bonchev–Trinajstić information content (AvgIpc) is 2.64. The number of rotatable bonds is 2. The molecule has 0 atom stereocenters. The van der Waals surface area contributed by atoms with E-state index in [0.29, 0.717) is 11.3 Å². The molecule has 68 valence electrons. The maximum absolute atomic E-state index is 10.8. The smallest absolute Gasteiger partial charge is 0.304 e. The molecule has 4 nitrogen and oxygen atoms in total. The van der Waals surface area contributed by atoms with E-state index in [-0.39, 0.29) is 4.87 Å². The summed E-state index contributed by atoms with van der Waals surface area (Å²) >= 11 is 6.17. The van der Waals surface area contributed by atoms with Crippen LogP contribution in [0.15, 0.2) is 22.6 Å². The van der Waals surface area contributed by atoms with Crippen LogP contribution >= 0.6 is 23.6 Å². The molecule has 0 aliphatic rings. The van der Waals surface area contributed by atoms with Crippen molar-refractivity contribution in [2.45, 2.75) is 6.54 Å². The maximum atomic E-state index is 10.8. The van der Waals surface area contributed by atoms with Gasteiger partial charge in [-0.15, -0.1) is 0 Å². The predicted molar refractivity (Wildman–Crippen MR) is 53.7 cm³/mol. The summed E-state index contributed by atoms with van der Waals surface area (Å²) in [6.45, 7) is 0.612. The van der Waals surface area contributed by atoms with Gasteiger partial charge < -0.3 is 14.5 Å². The second-order valence-electron chi connectivity index (χ2n) is 2.57. The third-order valence-electron chi connectivity index (χ3n) is 1.63. The van der Waals surface area contributed by atoms with Gasteiger partial charge in [0.05, 0.1) is 6.54 Å². The highest BCUT2D eigenvalue weighted by atomic mass is 32.1. The van der Waals surface area contributed by atoms with Crippen molar-refractivity contribution in [1.82, 2.24) is 14.5 Å². The average molecular weight is 213 g/mol. The van der Waals surface area contributed by atoms with Crippen molar-refractivity contribution in [2.24, 2.45) is 0 Å². The van der Waals surface area contributed by atoms with E-state index in [1.165, 1.54) is 0 Å². The molecule has 2 N–H and O–H groups in total. The van der Waals surface area contributed by atoms with Gasteiger partial charge in [-0.05, 0) is 12.2 Å². The molecule has 0 amide bonds. The molecule has 0 aliphatic carbocycles. The van der Waals surface area contributed by atoms with E-state index >= 15 is 0 Å². The van der Waals surface area contributed by atoms with Crippen molar-refractivity contribution in [3.63, 3.8) is 0 Å². The zero-order valence-electron chi connectivity index (χ0n) is 6.61. The van der Waals surface area contributed by atoms with Crippen LogP contribution in [0.4, 0.5) is 0 Å². The summed E-state index contributed by atoms with van der Waals surface area (Å²) in [5, 5.41) is 1.80. The second kappa shape index (κ2) is 3.31. The molecule has 0 saturated carbocycles. The van der Waals surface area contributed by atoms with Crippen LogP contribution in [0, 0.1) is 4.77 Å². The first kappa shape index (κ1) is 8.46. The van der Waals surface area contributed by atoms with E-state index in [2.05, 4.69) is 9.97 Å². The van der Waals surface area contributed by atoms with Crippen molar-refractivity contribution in [1.29, 1.82) is 0 Å². The van der Waals surface area contributed by atoms with E-state index in [0.717, 1.165) is 17.0 Å². The molecule has 2 aromatic heterocycles. The molecule has 2 aromatic rings. The number of imidazole rings is 1. The Bertz CT molecular complexity index is 504. The fourth-order valence-corrected chi connectivity index (χ4v) is 1.81. The number of nitrogens with zero attached hydrogens (tertiary/aromatic N) is 1. The molecular formula is C7H7N3OS2. The first-order valence-electron chi connectivity index (χ1n) is 3.66. The number of aromatic amines is 2. The molecule has 13 heavy (non-hydrogen) atoms. The molecule has 2 rings (SSSR count). The minimum Gasteiger partial charge on any atom is -0.337 e. The van der Waals surface area contributed by atoms with Gasteiger partial charge in [0, 0.05) is 23.5 Å². The lowest BCUT2D eigenvalue weighted by Gasteiger charge is -1.97. The van der Waals surface area contributed by atoms with Crippen molar-refractivity contribution >= 4 is 23.6 Å². The minimum absolute atomic E-state index is 0.0305. The van der Waals surface area contributed by atoms with E-state index < -0.39 is 0 Å². The highest BCUT2D eigenvalue weighted by molar-refractivity contribution is 7.71. The van der Waals surface area contributed by atoms with Gasteiger partial charge in [0.2, 0.25) is 0 Å². The molecule has 0 bridgehead atoms. The zero-order valence-corrected chi connectivity index (χ0v) is 8.24. The van der Waals surface area contributed by atoms with E-state index in [9.17, 15) is 4.79 Å². The Morgan fingerprint density at radius 2 is 2.46 bits per heavy atom. The lowest BCUT2D eigenvalue weighted by molar-refractivity contribution is 0.765. The van der Waals surface area contributed by atoms with Crippen molar-refractivity contribution in [3.05, 3.63) is 37.9 Å². The second-order valence-corrected chi connectivity index (χ2v) is 3.80. The van der Waals surface area contributed by atoms with Crippen LogP contribution in [0.1, 0.15) is 5.69 Å². The highest BCUT2D eigenvalue weighted by Gasteiger charge is 1.98. The Morgan fingerprint density at radius 3 is 3.00 bits per heavy atom. The van der Waals surface area contributed by atoms with Crippen molar-refractivity contribution in [2.75, 3.05) is 0 Å². The number of hydrogen-bond donors (Lipinski definition) is 2. The van der Waals surface area contributed by atoms with Crippen LogP contribution < -0.4 is 4.87 Å². The molecule has 0 radical (unpaired) electrons. The summed E-state index contributed by atoms with van der Waals surface area (Å²) in [4.78, 5) is 16.4. The Hall–Kier alpha value is -1.14. The summed E-state index contributed by atoms with van der Waals surface area (Å²) in [7, 11) is 0. The van der Waals surface area contributed by atoms with E-state index in [1.807, 2.05) is 10.8 Å². The maximum Gasteiger partial charge on any atom is 0.304 e. The zero-order chi connectivity index (χ0) is 9.26. The number of nitrogens with one attached hydrogen (secondary N) is 2. The van der Waals surface area contributed by atoms with Gasteiger partial charge in [-0.1, -0.05) is 11.3 Å². The molecule has 0 aromatic carbocycles. The molecule has 6 heteroatoms. The van der Waals surface area contributed by atoms with Gasteiger partial charge in [0.25, 0.3) is 0 Å². The molecule has 0 fully saturated rings. The van der Waals surface area contributed by atoms with Crippen LogP contribution in [0.3, 0.4) is 0 Å². The Balaban J connectivity index is 2.29. The third kappa shape index (κ3) is 1.78. The van der Waals surface area contributed by atoms with Gasteiger partial charge >= 0.3 is 4.87 Å². The molecular weight excluding hydrogens is 206 g/mol. The number of hydrogen-bond acceptors (Lipinski definition) is 3. The SMILES string of the molecule is O=c1[nH]c(Cn2cc[nH]c2=S)cs1. The number of thiazole rings is 1. The Labute approximate surface area is 82.9 Å².